The third-order valence-corrected chi connectivity index (χ3v) is 7.05. The molecule has 96 valence electrons. The molecule has 0 spiro atoms. The summed E-state index contributed by atoms with van der Waals surface area (Å²) in [6, 6.07) is 0.493. The quantitative estimate of drug-likeness (QED) is 0.763. The van der Waals surface area contributed by atoms with Gasteiger partial charge in [0.1, 0.15) is 0 Å². The van der Waals surface area contributed by atoms with Crippen LogP contribution in [0.5, 0.6) is 0 Å². The Balaban J connectivity index is 2.94. The maximum atomic E-state index is 12.2. The van der Waals surface area contributed by atoms with Crippen LogP contribution in [0.1, 0.15) is 47.0 Å². The van der Waals surface area contributed by atoms with Crippen LogP contribution in [0.2, 0.25) is 0 Å². The summed E-state index contributed by atoms with van der Waals surface area (Å²) in [6.07, 6.45) is 2.56. The molecule has 1 heterocycles. The molecule has 3 nitrogen and oxygen atoms in total. The zero-order chi connectivity index (χ0) is 12.4. The van der Waals surface area contributed by atoms with Crippen molar-refractivity contribution in [3.63, 3.8) is 0 Å². The summed E-state index contributed by atoms with van der Waals surface area (Å²) in [5.41, 5.74) is 0. The van der Waals surface area contributed by atoms with Crippen molar-refractivity contribution in [2.24, 2.45) is 0 Å². The topological polar surface area (TPSA) is 37.4 Å². The Kier molecular flexibility index (Phi) is 4.41. The van der Waals surface area contributed by atoms with Gasteiger partial charge in [-0.3, -0.25) is 4.90 Å². The molecule has 1 aliphatic heterocycles. The minimum atomic E-state index is -2.90. The predicted octanol–water partition coefficient (Wildman–Crippen LogP) is 2.07. The Labute approximate surface area is 100 Å². The molecule has 0 N–H and O–H groups in total. The summed E-state index contributed by atoms with van der Waals surface area (Å²) < 4.78 is 23.9. The normalized spacial score (nSPS) is 26.5. The Morgan fingerprint density at radius 1 is 1.25 bits per heavy atom. The Hall–Kier alpha value is -0.0900. The van der Waals surface area contributed by atoms with E-state index in [1.54, 1.807) is 0 Å². The smallest absolute Gasteiger partial charge is 0.158 e. The van der Waals surface area contributed by atoms with E-state index < -0.39 is 14.6 Å². The lowest BCUT2D eigenvalue weighted by atomic mass is 10.00. The van der Waals surface area contributed by atoms with Gasteiger partial charge in [0.15, 0.2) is 9.84 Å². The fourth-order valence-corrected chi connectivity index (χ4v) is 4.70. The largest absolute Gasteiger partial charge is 0.298 e. The van der Waals surface area contributed by atoms with E-state index in [1.807, 2.05) is 13.8 Å². The minimum absolute atomic E-state index is 0.332. The van der Waals surface area contributed by atoms with E-state index in [-0.39, 0.29) is 0 Å². The van der Waals surface area contributed by atoms with Crippen LogP contribution in [0.3, 0.4) is 0 Å². The number of rotatable bonds is 4. The van der Waals surface area contributed by atoms with Gasteiger partial charge in [-0.25, -0.2) is 8.42 Å². The van der Waals surface area contributed by atoms with Crippen molar-refractivity contribution in [1.82, 2.24) is 4.90 Å². The lowest BCUT2D eigenvalue weighted by Gasteiger charge is -2.43. The standard InChI is InChI=1S/C12H25NO2S/c1-5-11(4)13-8-9-16(14,15)12(6-2,7-3)10-13/h11H,5-10H2,1-4H3. The van der Waals surface area contributed by atoms with Crippen molar-refractivity contribution >= 4 is 9.84 Å². The molecular weight excluding hydrogens is 222 g/mol. The third kappa shape index (κ3) is 2.28. The highest BCUT2D eigenvalue weighted by atomic mass is 32.2. The summed E-state index contributed by atoms with van der Waals surface area (Å²) in [4.78, 5) is 2.34. The first kappa shape index (κ1) is 14.0. The molecule has 0 aromatic rings. The highest BCUT2D eigenvalue weighted by Gasteiger charge is 2.45. The van der Waals surface area contributed by atoms with Crippen LogP contribution in [0, 0.1) is 0 Å². The highest BCUT2D eigenvalue weighted by Crippen LogP contribution is 2.32. The van der Waals surface area contributed by atoms with Crippen molar-refractivity contribution in [2.75, 3.05) is 18.8 Å². The average molecular weight is 247 g/mol. The molecule has 0 saturated carbocycles. The fourth-order valence-electron chi connectivity index (χ4n) is 2.55. The number of nitrogens with zero attached hydrogens (tertiary/aromatic N) is 1. The zero-order valence-corrected chi connectivity index (χ0v) is 11.8. The SMILES string of the molecule is CCC(C)N1CCS(=O)(=O)C(CC)(CC)C1. The van der Waals surface area contributed by atoms with Crippen LogP contribution >= 0.6 is 0 Å². The lowest BCUT2D eigenvalue weighted by molar-refractivity contribution is 0.174. The van der Waals surface area contributed by atoms with E-state index in [9.17, 15) is 8.42 Å². The summed E-state index contributed by atoms with van der Waals surface area (Å²) in [5.74, 6) is 0.332. The zero-order valence-electron chi connectivity index (χ0n) is 11.0. The summed E-state index contributed by atoms with van der Waals surface area (Å²) >= 11 is 0. The lowest BCUT2D eigenvalue weighted by Crippen LogP contribution is -2.57. The van der Waals surface area contributed by atoms with Crippen molar-refractivity contribution in [2.45, 2.75) is 57.7 Å². The highest BCUT2D eigenvalue weighted by molar-refractivity contribution is 7.92. The van der Waals surface area contributed by atoms with Gasteiger partial charge >= 0.3 is 0 Å². The van der Waals surface area contributed by atoms with Gasteiger partial charge in [-0.15, -0.1) is 0 Å². The minimum Gasteiger partial charge on any atom is -0.298 e. The first-order valence-electron chi connectivity index (χ1n) is 6.38. The van der Waals surface area contributed by atoms with Crippen LogP contribution < -0.4 is 0 Å². The van der Waals surface area contributed by atoms with Crippen LogP contribution in [-0.2, 0) is 9.84 Å². The third-order valence-electron chi connectivity index (χ3n) is 4.30. The Morgan fingerprint density at radius 3 is 2.25 bits per heavy atom. The number of hydrogen-bond acceptors (Lipinski definition) is 3. The van der Waals surface area contributed by atoms with Gasteiger partial charge in [0.25, 0.3) is 0 Å². The molecule has 0 aliphatic carbocycles. The average Bonchev–Trinajstić information content (AvgIpc) is 2.28. The molecule has 0 amide bonds. The van der Waals surface area contributed by atoms with E-state index in [0.29, 0.717) is 18.3 Å². The fraction of sp³-hybridized carbons (Fsp3) is 1.00. The van der Waals surface area contributed by atoms with E-state index >= 15 is 0 Å². The molecule has 1 aliphatic rings. The molecule has 1 fully saturated rings. The van der Waals surface area contributed by atoms with Crippen LogP contribution in [-0.4, -0.2) is 42.9 Å². The molecule has 4 heteroatoms. The van der Waals surface area contributed by atoms with Crippen LogP contribution in [0.25, 0.3) is 0 Å². The predicted molar refractivity (Wildman–Crippen MR) is 68.4 cm³/mol. The van der Waals surface area contributed by atoms with Crippen molar-refractivity contribution in [1.29, 1.82) is 0 Å². The van der Waals surface area contributed by atoms with Crippen LogP contribution in [0.15, 0.2) is 0 Å². The van der Waals surface area contributed by atoms with Gasteiger partial charge in [0, 0.05) is 19.1 Å². The second-order valence-electron chi connectivity index (χ2n) is 4.94. The van der Waals surface area contributed by atoms with Gasteiger partial charge in [-0.2, -0.15) is 0 Å². The van der Waals surface area contributed by atoms with Gasteiger partial charge in [-0.1, -0.05) is 20.8 Å². The molecule has 16 heavy (non-hydrogen) atoms. The molecular formula is C12H25NO2S. The second-order valence-corrected chi connectivity index (χ2v) is 7.44. The maximum Gasteiger partial charge on any atom is 0.158 e. The van der Waals surface area contributed by atoms with Crippen molar-refractivity contribution in [3.05, 3.63) is 0 Å². The molecule has 0 aromatic heterocycles. The van der Waals surface area contributed by atoms with E-state index in [1.165, 1.54) is 0 Å². The van der Waals surface area contributed by atoms with E-state index in [4.69, 9.17) is 0 Å². The van der Waals surface area contributed by atoms with Gasteiger partial charge < -0.3 is 0 Å². The summed E-state index contributed by atoms with van der Waals surface area (Å²) in [5, 5.41) is 0. The summed E-state index contributed by atoms with van der Waals surface area (Å²) in [7, 11) is -2.90. The molecule has 0 bridgehead atoms. The van der Waals surface area contributed by atoms with Gasteiger partial charge in [-0.05, 0) is 26.2 Å². The Bertz CT molecular complexity index is 320. The van der Waals surface area contributed by atoms with Crippen molar-refractivity contribution in [3.8, 4) is 0 Å². The monoisotopic (exact) mass is 247 g/mol. The molecule has 1 saturated heterocycles. The second kappa shape index (κ2) is 5.05. The first-order valence-corrected chi connectivity index (χ1v) is 8.04. The molecule has 1 rings (SSSR count). The number of hydrogen-bond donors (Lipinski definition) is 0. The van der Waals surface area contributed by atoms with Crippen LogP contribution in [0.4, 0.5) is 0 Å². The molecule has 0 aromatic carbocycles. The molecule has 0 radical (unpaired) electrons. The summed E-state index contributed by atoms with van der Waals surface area (Å²) in [6.45, 7) is 9.78. The number of sulfone groups is 1. The van der Waals surface area contributed by atoms with E-state index in [2.05, 4.69) is 18.7 Å². The Morgan fingerprint density at radius 2 is 1.81 bits per heavy atom. The first-order chi connectivity index (χ1) is 7.42. The molecule has 1 atom stereocenters. The van der Waals surface area contributed by atoms with E-state index in [0.717, 1.165) is 25.8 Å². The molecule has 1 unspecified atom stereocenters. The maximum absolute atomic E-state index is 12.2. The van der Waals surface area contributed by atoms with Crippen molar-refractivity contribution < 1.29 is 8.42 Å². The van der Waals surface area contributed by atoms with Gasteiger partial charge in [0.2, 0.25) is 0 Å². The van der Waals surface area contributed by atoms with Gasteiger partial charge in [0.05, 0.1) is 10.5 Å².